The molecule has 0 spiro atoms. The first kappa shape index (κ1) is 18.3. The number of carbonyl (C=O) groups is 2. The maximum atomic E-state index is 12.7. The number of rotatable bonds is 4. The maximum absolute atomic E-state index is 12.7. The van der Waals surface area contributed by atoms with E-state index in [-0.39, 0.29) is 18.0 Å². The second-order valence-electron chi connectivity index (χ2n) is 7.36. The first-order chi connectivity index (χ1) is 11.3. The fraction of sp³-hybridized carbons (Fsp3) is 0.579. The van der Waals surface area contributed by atoms with Crippen molar-refractivity contribution in [2.75, 3.05) is 13.1 Å². The highest BCUT2D eigenvalue weighted by molar-refractivity contribution is 5.84. The van der Waals surface area contributed by atoms with Crippen LogP contribution in [0, 0.1) is 12.3 Å². The summed E-state index contributed by atoms with van der Waals surface area (Å²) in [4.78, 5) is 26.7. The number of likely N-dealkylation sites (tertiary alicyclic amines) is 1. The van der Waals surface area contributed by atoms with Crippen molar-refractivity contribution < 1.29 is 9.59 Å². The van der Waals surface area contributed by atoms with E-state index in [1.165, 1.54) is 5.56 Å². The fourth-order valence-corrected chi connectivity index (χ4v) is 3.04. The van der Waals surface area contributed by atoms with Gasteiger partial charge in [-0.25, -0.2) is 4.79 Å². The van der Waals surface area contributed by atoms with E-state index in [0.717, 1.165) is 18.4 Å². The molecule has 0 saturated carbocycles. The number of carbonyl (C=O) groups excluding carboxylic acids is 2. The van der Waals surface area contributed by atoms with Gasteiger partial charge in [0, 0.05) is 25.7 Å². The highest BCUT2D eigenvalue weighted by Gasteiger charge is 2.39. The summed E-state index contributed by atoms with van der Waals surface area (Å²) in [5.74, 6) is 0.0186. The van der Waals surface area contributed by atoms with E-state index in [1.54, 1.807) is 4.90 Å². The van der Waals surface area contributed by atoms with Gasteiger partial charge in [-0.1, -0.05) is 29.8 Å². The minimum absolute atomic E-state index is 0.0186. The molecule has 132 valence electrons. The van der Waals surface area contributed by atoms with Gasteiger partial charge in [0.15, 0.2) is 0 Å². The second-order valence-corrected chi connectivity index (χ2v) is 7.36. The van der Waals surface area contributed by atoms with E-state index in [9.17, 15) is 9.59 Å². The first-order valence-corrected chi connectivity index (χ1v) is 8.69. The third kappa shape index (κ3) is 4.73. The van der Waals surface area contributed by atoms with Gasteiger partial charge in [-0.15, -0.1) is 0 Å². The van der Waals surface area contributed by atoms with Crippen LogP contribution in [0.3, 0.4) is 0 Å². The van der Waals surface area contributed by atoms with Gasteiger partial charge in [0.1, 0.15) is 0 Å². The van der Waals surface area contributed by atoms with E-state index in [4.69, 9.17) is 0 Å². The van der Waals surface area contributed by atoms with Gasteiger partial charge in [0.2, 0.25) is 5.91 Å². The van der Waals surface area contributed by atoms with Gasteiger partial charge in [-0.2, -0.15) is 0 Å². The molecule has 1 saturated heterocycles. The molecule has 1 atom stereocenters. The lowest BCUT2D eigenvalue weighted by Gasteiger charge is -2.39. The minimum Gasteiger partial charge on any atom is -0.351 e. The number of piperidine rings is 1. The Hall–Kier alpha value is -2.04. The van der Waals surface area contributed by atoms with E-state index in [0.29, 0.717) is 19.6 Å². The Morgan fingerprint density at radius 3 is 2.54 bits per heavy atom. The van der Waals surface area contributed by atoms with Gasteiger partial charge < -0.3 is 15.5 Å². The topological polar surface area (TPSA) is 61.4 Å². The zero-order valence-corrected chi connectivity index (χ0v) is 15.2. The van der Waals surface area contributed by atoms with E-state index < -0.39 is 5.41 Å². The molecule has 0 aliphatic carbocycles. The van der Waals surface area contributed by atoms with E-state index in [2.05, 4.69) is 10.6 Å². The lowest BCUT2D eigenvalue weighted by molar-refractivity contribution is -0.132. The normalized spacial score (nSPS) is 20.8. The molecular weight excluding hydrogens is 302 g/mol. The molecule has 1 aliphatic rings. The SMILES string of the molecule is Cc1ccc(CNC(=O)[C@]2(C)CCCN(C(=O)NC(C)C)C2)cc1. The van der Waals surface area contributed by atoms with Crippen molar-refractivity contribution in [2.24, 2.45) is 5.41 Å². The lowest BCUT2D eigenvalue weighted by atomic mass is 9.81. The summed E-state index contributed by atoms with van der Waals surface area (Å²) in [5, 5.41) is 5.94. The zero-order chi connectivity index (χ0) is 17.7. The average molecular weight is 331 g/mol. The summed E-state index contributed by atoms with van der Waals surface area (Å²) >= 11 is 0. The molecule has 24 heavy (non-hydrogen) atoms. The molecule has 2 N–H and O–H groups in total. The summed E-state index contributed by atoms with van der Waals surface area (Å²) < 4.78 is 0. The van der Waals surface area contributed by atoms with Crippen molar-refractivity contribution >= 4 is 11.9 Å². The number of aryl methyl sites for hydroxylation is 1. The van der Waals surface area contributed by atoms with Crippen LogP contribution in [-0.2, 0) is 11.3 Å². The first-order valence-electron chi connectivity index (χ1n) is 8.69. The smallest absolute Gasteiger partial charge is 0.317 e. The number of hydrogen-bond donors (Lipinski definition) is 2. The Morgan fingerprint density at radius 1 is 1.25 bits per heavy atom. The Kier molecular flexibility index (Phi) is 5.86. The maximum Gasteiger partial charge on any atom is 0.317 e. The Bertz CT molecular complexity index is 583. The van der Waals surface area contributed by atoms with Crippen LogP contribution in [0.15, 0.2) is 24.3 Å². The van der Waals surface area contributed by atoms with Crippen molar-refractivity contribution in [3.8, 4) is 0 Å². The predicted octanol–water partition coefficient (Wildman–Crippen LogP) is 2.83. The van der Waals surface area contributed by atoms with Gasteiger partial charge in [0.25, 0.3) is 0 Å². The molecule has 1 aromatic rings. The van der Waals surface area contributed by atoms with Gasteiger partial charge in [-0.05, 0) is 46.1 Å². The van der Waals surface area contributed by atoms with Gasteiger partial charge >= 0.3 is 6.03 Å². The number of urea groups is 1. The molecule has 5 nitrogen and oxygen atoms in total. The molecule has 0 bridgehead atoms. The molecular formula is C19H29N3O2. The molecule has 2 rings (SSSR count). The van der Waals surface area contributed by atoms with Crippen molar-refractivity contribution in [3.05, 3.63) is 35.4 Å². The number of nitrogens with one attached hydrogen (secondary N) is 2. The molecule has 0 aromatic heterocycles. The van der Waals surface area contributed by atoms with Crippen LogP contribution in [-0.4, -0.2) is 36.0 Å². The number of hydrogen-bond acceptors (Lipinski definition) is 2. The van der Waals surface area contributed by atoms with Crippen LogP contribution in [0.5, 0.6) is 0 Å². The molecule has 3 amide bonds. The van der Waals surface area contributed by atoms with Crippen LogP contribution < -0.4 is 10.6 Å². The fourth-order valence-electron chi connectivity index (χ4n) is 3.04. The molecule has 0 unspecified atom stereocenters. The third-order valence-corrected chi connectivity index (χ3v) is 4.52. The van der Waals surface area contributed by atoms with Crippen molar-refractivity contribution in [1.82, 2.24) is 15.5 Å². The summed E-state index contributed by atoms with van der Waals surface area (Å²) in [6, 6.07) is 8.16. The third-order valence-electron chi connectivity index (χ3n) is 4.52. The Labute approximate surface area is 144 Å². The Morgan fingerprint density at radius 2 is 1.92 bits per heavy atom. The predicted molar refractivity (Wildman–Crippen MR) is 95.6 cm³/mol. The van der Waals surface area contributed by atoms with E-state index >= 15 is 0 Å². The molecule has 5 heteroatoms. The molecule has 1 aliphatic heterocycles. The highest BCUT2D eigenvalue weighted by atomic mass is 16.2. The number of nitrogens with zero attached hydrogens (tertiary/aromatic N) is 1. The van der Waals surface area contributed by atoms with Crippen molar-refractivity contribution in [3.63, 3.8) is 0 Å². The highest BCUT2D eigenvalue weighted by Crippen LogP contribution is 2.30. The molecule has 1 heterocycles. The molecule has 1 fully saturated rings. The monoisotopic (exact) mass is 331 g/mol. The van der Waals surface area contributed by atoms with Crippen LogP contribution in [0.2, 0.25) is 0 Å². The number of benzene rings is 1. The molecule has 1 aromatic carbocycles. The van der Waals surface area contributed by atoms with E-state index in [1.807, 2.05) is 52.0 Å². The van der Waals surface area contributed by atoms with Gasteiger partial charge in [0.05, 0.1) is 5.41 Å². The van der Waals surface area contributed by atoms with Gasteiger partial charge in [-0.3, -0.25) is 4.79 Å². The molecule has 0 radical (unpaired) electrons. The van der Waals surface area contributed by atoms with Crippen LogP contribution in [0.4, 0.5) is 4.79 Å². The summed E-state index contributed by atoms with van der Waals surface area (Å²) in [7, 11) is 0. The summed E-state index contributed by atoms with van der Waals surface area (Å²) in [5.41, 5.74) is 1.76. The standard InChI is InChI=1S/C19H29N3O2/c1-14(2)21-18(24)22-11-5-10-19(4,13-22)17(23)20-12-16-8-6-15(3)7-9-16/h6-9,14H,5,10-13H2,1-4H3,(H,20,23)(H,21,24)/t19-/m1/s1. The van der Waals surface area contributed by atoms with Crippen molar-refractivity contribution in [2.45, 2.75) is 53.1 Å². The average Bonchev–Trinajstić information content (AvgIpc) is 2.53. The lowest BCUT2D eigenvalue weighted by Crippen LogP contribution is -2.54. The summed E-state index contributed by atoms with van der Waals surface area (Å²) in [6.07, 6.45) is 1.65. The van der Waals surface area contributed by atoms with Crippen LogP contribution in [0.25, 0.3) is 0 Å². The zero-order valence-electron chi connectivity index (χ0n) is 15.2. The van der Waals surface area contributed by atoms with Crippen molar-refractivity contribution in [1.29, 1.82) is 0 Å². The minimum atomic E-state index is -0.530. The van der Waals surface area contributed by atoms with Crippen LogP contribution in [0.1, 0.15) is 44.7 Å². The Balaban J connectivity index is 1.94. The largest absolute Gasteiger partial charge is 0.351 e. The van der Waals surface area contributed by atoms with Crippen LogP contribution >= 0.6 is 0 Å². The quantitative estimate of drug-likeness (QED) is 0.891. The second kappa shape index (κ2) is 7.69. The number of amides is 3. The summed E-state index contributed by atoms with van der Waals surface area (Å²) in [6.45, 7) is 9.57.